The first kappa shape index (κ1) is 18.4. The first-order valence-corrected chi connectivity index (χ1v) is 7.93. The molecule has 1 N–H and O–H groups in total. The summed E-state index contributed by atoms with van der Waals surface area (Å²) in [4.78, 5) is 39.6. The average molecular weight is 352 g/mol. The van der Waals surface area contributed by atoms with Crippen molar-refractivity contribution in [2.24, 2.45) is 5.92 Å². The predicted molar refractivity (Wildman–Crippen MR) is 92.7 cm³/mol. The van der Waals surface area contributed by atoms with Gasteiger partial charge in [0.05, 0.1) is 11.1 Å². The van der Waals surface area contributed by atoms with Crippen LogP contribution in [0.1, 0.15) is 43.9 Å². The summed E-state index contributed by atoms with van der Waals surface area (Å²) in [6.07, 6.45) is 2.11. The number of imide groups is 1. The number of rotatable bonds is 3. The molecule has 1 fully saturated rings. The van der Waals surface area contributed by atoms with Gasteiger partial charge in [-0.3, -0.25) is 19.3 Å². The summed E-state index contributed by atoms with van der Waals surface area (Å²) in [5.74, 6) is -0.257. The SMILES string of the molecule is CNCC1CCCN(C(=O)c2ccc3c(c2)C(=O)N(C)C3=O)C1.Cl. The quantitative estimate of drug-likeness (QED) is 0.836. The highest BCUT2D eigenvalue weighted by Crippen LogP contribution is 2.24. The van der Waals surface area contributed by atoms with Crippen LogP contribution in [0, 0.1) is 5.92 Å². The maximum Gasteiger partial charge on any atom is 0.261 e. The normalized spacial score (nSPS) is 20.0. The second kappa shape index (κ2) is 7.32. The molecule has 6 nitrogen and oxygen atoms in total. The van der Waals surface area contributed by atoms with Gasteiger partial charge in [0, 0.05) is 25.7 Å². The first-order chi connectivity index (χ1) is 11.0. The Bertz CT molecular complexity index is 675. The molecule has 3 rings (SSSR count). The number of carbonyl (C=O) groups excluding carboxylic acids is 3. The number of carbonyl (C=O) groups is 3. The fourth-order valence-electron chi connectivity index (χ4n) is 3.38. The lowest BCUT2D eigenvalue weighted by atomic mass is 9.97. The minimum atomic E-state index is -0.341. The number of nitrogens with zero attached hydrogens (tertiary/aromatic N) is 2. The van der Waals surface area contributed by atoms with Gasteiger partial charge in [-0.2, -0.15) is 0 Å². The van der Waals surface area contributed by atoms with Gasteiger partial charge in [0.15, 0.2) is 0 Å². The molecule has 7 heteroatoms. The molecule has 1 aromatic rings. The Hall–Kier alpha value is -1.92. The predicted octanol–water partition coefficient (Wildman–Crippen LogP) is 1.41. The lowest BCUT2D eigenvalue weighted by Crippen LogP contribution is -2.42. The minimum Gasteiger partial charge on any atom is -0.338 e. The Morgan fingerprint density at radius 2 is 1.96 bits per heavy atom. The highest BCUT2D eigenvalue weighted by atomic mass is 35.5. The van der Waals surface area contributed by atoms with Crippen LogP contribution in [0.3, 0.4) is 0 Å². The molecule has 0 spiro atoms. The highest BCUT2D eigenvalue weighted by Gasteiger charge is 2.34. The zero-order chi connectivity index (χ0) is 16.6. The van der Waals surface area contributed by atoms with Crippen molar-refractivity contribution in [1.29, 1.82) is 0 Å². The van der Waals surface area contributed by atoms with Crippen molar-refractivity contribution < 1.29 is 14.4 Å². The maximum absolute atomic E-state index is 12.7. The molecule has 0 radical (unpaired) electrons. The molecular formula is C17H22ClN3O3. The van der Waals surface area contributed by atoms with Crippen molar-refractivity contribution in [2.45, 2.75) is 12.8 Å². The fourth-order valence-corrected chi connectivity index (χ4v) is 3.38. The van der Waals surface area contributed by atoms with Crippen LogP contribution in [0.4, 0.5) is 0 Å². The molecule has 0 aromatic heterocycles. The molecule has 0 aliphatic carbocycles. The molecule has 0 bridgehead atoms. The number of hydrogen-bond donors (Lipinski definition) is 1. The highest BCUT2D eigenvalue weighted by molar-refractivity contribution is 6.21. The maximum atomic E-state index is 12.7. The topological polar surface area (TPSA) is 69.7 Å². The Balaban J connectivity index is 0.00000208. The Morgan fingerprint density at radius 1 is 1.25 bits per heavy atom. The van der Waals surface area contributed by atoms with E-state index in [2.05, 4.69) is 5.32 Å². The molecule has 2 aliphatic rings. The van der Waals surface area contributed by atoms with Crippen molar-refractivity contribution in [3.05, 3.63) is 34.9 Å². The van der Waals surface area contributed by atoms with Gasteiger partial charge in [-0.25, -0.2) is 0 Å². The second-order valence-electron chi connectivity index (χ2n) is 6.25. The van der Waals surface area contributed by atoms with Crippen LogP contribution in [0.25, 0.3) is 0 Å². The van der Waals surface area contributed by atoms with Crippen LogP contribution < -0.4 is 5.32 Å². The van der Waals surface area contributed by atoms with E-state index in [0.717, 1.165) is 37.4 Å². The van der Waals surface area contributed by atoms with Gasteiger partial charge in [-0.05, 0) is 50.6 Å². The van der Waals surface area contributed by atoms with E-state index in [1.54, 1.807) is 18.2 Å². The van der Waals surface area contributed by atoms with Gasteiger partial charge in [0.2, 0.25) is 0 Å². The summed E-state index contributed by atoms with van der Waals surface area (Å²) in [5, 5.41) is 3.16. The van der Waals surface area contributed by atoms with E-state index >= 15 is 0 Å². The van der Waals surface area contributed by atoms with Gasteiger partial charge < -0.3 is 10.2 Å². The summed E-state index contributed by atoms with van der Waals surface area (Å²) in [7, 11) is 3.37. The number of fused-ring (bicyclic) bond motifs is 1. The average Bonchev–Trinajstić information content (AvgIpc) is 2.79. The summed E-state index contributed by atoms with van der Waals surface area (Å²) in [5.41, 5.74) is 1.18. The van der Waals surface area contributed by atoms with Gasteiger partial charge in [-0.1, -0.05) is 0 Å². The summed E-state index contributed by atoms with van der Waals surface area (Å²) >= 11 is 0. The lowest BCUT2D eigenvalue weighted by molar-refractivity contribution is 0.0672. The smallest absolute Gasteiger partial charge is 0.261 e. The molecule has 1 aromatic carbocycles. The molecular weight excluding hydrogens is 330 g/mol. The Labute approximate surface area is 147 Å². The second-order valence-corrected chi connectivity index (χ2v) is 6.25. The summed E-state index contributed by atoms with van der Waals surface area (Å²) < 4.78 is 0. The minimum absolute atomic E-state index is 0. The third kappa shape index (κ3) is 3.16. The van der Waals surface area contributed by atoms with Crippen molar-refractivity contribution in [3.63, 3.8) is 0 Å². The molecule has 24 heavy (non-hydrogen) atoms. The number of benzene rings is 1. The van der Waals surface area contributed by atoms with E-state index in [1.165, 1.54) is 7.05 Å². The van der Waals surface area contributed by atoms with Crippen LogP contribution in [-0.2, 0) is 0 Å². The van der Waals surface area contributed by atoms with Crippen molar-refractivity contribution in [2.75, 3.05) is 33.7 Å². The molecule has 3 amide bonds. The molecule has 0 saturated carbocycles. The third-order valence-corrected chi connectivity index (χ3v) is 4.64. The number of piperidine rings is 1. The van der Waals surface area contributed by atoms with Gasteiger partial charge in [0.1, 0.15) is 0 Å². The van der Waals surface area contributed by atoms with E-state index < -0.39 is 0 Å². The molecule has 130 valence electrons. The number of halogens is 1. The zero-order valence-corrected chi connectivity index (χ0v) is 14.7. The monoisotopic (exact) mass is 351 g/mol. The Kier molecular flexibility index (Phi) is 5.62. The molecule has 1 unspecified atom stereocenters. The first-order valence-electron chi connectivity index (χ1n) is 7.93. The van der Waals surface area contributed by atoms with Crippen LogP contribution >= 0.6 is 12.4 Å². The largest absolute Gasteiger partial charge is 0.338 e. The van der Waals surface area contributed by atoms with Crippen molar-refractivity contribution in [1.82, 2.24) is 15.1 Å². The number of amides is 3. The van der Waals surface area contributed by atoms with Crippen LogP contribution in [0.2, 0.25) is 0 Å². The third-order valence-electron chi connectivity index (χ3n) is 4.64. The lowest BCUT2D eigenvalue weighted by Gasteiger charge is -2.32. The summed E-state index contributed by atoms with van der Waals surface area (Å²) in [6, 6.07) is 4.79. The number of hydrogen-bond acceptors (Lipinski definition) is 4. The van der Waals surface area contributed by atoms with Crippen molar-refractivity contribution in [3.8, 4) is 0 Å². The zero-order valence-electron chi connectivity index (χ0n) is 13.9. The standard InChI is InChI=1S/C17H21N3O3.ClH/c1-18-9-11-4-3-7-20(10-11)15(21)12-5-6-13-14(8-12)17(23)19(2)16(13)22;/h5-6,8,11,18H,3-4,7,9-10H2,1-2H3;1H. The molecule has 2 aliphatic heterocycles. The van der Waals surface area contributed by atoms with Gasteiger partial charge in [-0.15, -0.1) is 12.4 Å². The fraction of sp³-hybridized carbons (Fsp3) is 0.471. The van der Waals surface area contributed by atoms with Crippen LogP contribution in [0.5, 0.6) is 0 Å². The Morgan fingerprint density at radius 3 is 2.67 bits per heavy atom. The molecule has 2 heterocycles. The van der Waals surface area contributed by atoms with Crippen LogP contribution in [-0.4, -0.2) is 61.3 Å². The summed E-state index contributed by atoms with van der Waals surface area (Å²) in [6.45, 7) is 2.36. The van der Waals surface area contributed by atoms with Crippen LogP contribution in [0.15, 0.2) is 18.2 Å². The van der Waals surface area contributed by atoms with E-state index in [1.807, 2.05) is 11.9 Å². The van der Waals surface area contributed by atoms with E-state index in [-0.39, 0.29) is 30.1 Å². The molecule has 1 atom stereocenters. The van der Waals surface area contributed by atoms with Crippen molar-refractivity contribution >= 4 is 30.1 Å². The number of likely N-dealkylation sites (tertiary alicyclic amines) is 1. The molecule has 1 saturated heterocycles. The van der Waals surface area contributed by atoms with Gasteiger partial charge >= 0.3 is 0 Å². The van der Waals surface area contributed by atoms with E-state index in [4.69, 9.17) is 0 Å². The van der Waals surface area contributed by atoms with E-state index in [9.17, 15) is 14.4 Å². The van der Waals surface area contributed by atoms with Gasteiger partial charge in [0.25, 0.3) is 17.7 Å². The van der Waals surface area contributed by atoms with E-state index in [0.29, 0.717) is 22.6 Å². The number of nitrogens with one attached hydrogen (secondary N) is 1.